The second-order valence-electron chi connectivity index (χ2n) is 6.17. The molecular weight excluding hydrogens is 334 g/mol. The molecule has 1 heterocycles. The van der Waals surface area contributed by atoms with Crippen LogP contribution in [-0.4, -0.2) is 50.0 Å². The van der Waals surface area contributed by atoms with Crippen LogP contribution in [-0.2, 0) is 19.6 Å². The Bertz CT molecular complexity index is 758. The first-order valence-corrected chi connectivity index (χ1v) is 9.02. The highest BCUT2D eigenvalue weighted by molar-refractivity contribution is 7.89. The Kier molecular flexibility index (Phi) is 5.29. The van der Waals surface area contributed by atoms with Gasteiger partial charge in [-0.25, -0.2) is 13.2 Å². The van der Waals surface area contributed by atoms with E-state index in [1.54, 1.807) is 13.0 Å². The number of rotatable bonds is 4. The molecule has 132 valence electrons. The predicted molar refractivity (Wildman–Crippen MR) is 86.2 cm³/mol. The molecular formula is C16H21NO6S. The zero-order valence-electron chi connectivity index (χ0n) is 13.9. The van der Waals surface area contributed by atoms with Gasteiger partial charge in [-0.1, -0.05) is 13.0 Å². The van der Waals surface area contributed by atoms with Crippen LogP contribution < -0.4 is 0 Å². The van der Waals surface area contributed by atoms with Crippen LogP contribution in [0.5, 0.6) is 0 Å². The molecule has 0 spiro atoms. The van der Waals surface area contributed by atoms with Gasteiger partial charge in [-0.3, -0.25) is 4.79 Å². The first-order chi connectivity index (χ1) is 11.2. The Balaban J connectivity index is 2.42. The topological polar surface area (TPSA) is 101 Å². The van der Waals surface area contributed by atoms with Crippen LogP contribution in [0.25, 0.3) is 0 Å². The molecule has 0 aromatic heterocycles. The van der Waals surface area contributed by atoms with E-state index in [0.29, 0.717) is 12.0 Å². The van der Waals surface area contributed by atoms with E-state index in [9.17, 15) is 23.1 Å². The monoisotopic (exact) mass is 355 g/mol. The minimum absolute atomic E-state index is 0.00337. The number of carboxylic acid groups (broad SMARTS) is 1. The Labute approximate surface area is 141 Å². The number of carbonyl (C=O) groups excluding carboxylic acids is 1. The van der Waals surface area contributed by atoms with Crippen LogP contribution in [0.3, 0.4) is 0 Å². The van der Waals surface area contributed by atoms with E-state index >= 15 is 0 Å². The largest absolute Gasteiger partial charge is 0.481 e. The summed E-state index contributed by atoms with van der Waals surface area (Å²) in [6.07, 6.45) is 0.447. The van der Waals surface area contributed by atoms with Crippen LogP contribution in [0.15, 0.2) is 23.1 Å². The van der Waals surface area contributed by atoms with Gasteiger partial charge < -0.3 is 9.84 Å². The number of sulfonamides is 1. The van der Waals surface area contributed by atoms with Crippen molar-refractivity contribution in [1.82, 2.24) is 4.31 Å². The number of carboxylic acids is 1. The lowest BCUT2D eigenvalue weighted by Gasteiger charge is -2.34. The van der Waals surface area contributed by atoms with Crippen LogP contribution in [0, 0.1) is 18.8 Å². The maximum atomic E-state index is 13.0. The fourth-order valence-electron chi connectivity index (χ4n) is 2.94. The minimum atomic E-state index is -3.89. The molecule has 1 aromatic rings. The number of aryl methyl sites for hydroxylation is 1. The van der Waals surface area contributed by atoms with E-state index in [4.69, 9.17) is 0 Å². The van der Waals surface area contributed by atoms with Gasteiger partial charge in [-0.2, -0.15) is 4.31 Å². The fraction of sp³-hybridized carbons (Fsp3) is 0.500. The second kappa shape index (κ2) is 6.90. The van der Waals surface area contributed by atoms with Crippen LogP contribution >= 0.6 is 0 Å². The number of benzene rings is 1. The number of hydrogen-bond donors (Lipinski definition) is 1. The molecule has 2 atom stereocenters. The standard InChI is InChI=1S/C16H21NO6S/c1-10-6-13(15(18)19)9-17(8-10)24(21,22)14-7-12(16(20)23-3)5-4-11(14)2/h4-5,7,10,13H,6,8-9H2,1-3H3,(H,18,19). The molecule has 1 aliphatic rings. The zero-order valence-corrected chi connectivity index (χ0v) is 14.7. The van der Waals surface area contributed by atoms with E-state index in [-0.39, 0.29) is 29.5 Å². The summed E-state index contributed by atoms with van der Waals surface area (Å²) in [7, 11) is -2.67. The Hall–Kier alpha value is -1.93. The lowest BCUT2D eigenvalue weighted by atomic mass is 9.92. The summed E-state index contributed by atoms with van der Waals surface area (Å²) in [6.45, 7) is 3.66. The third kappa shape index (κ3) is 3.59. The first kappa shape index (κ1) is 18.4. The molecule has 2 unspecified atom stereocenters. The van der Waals surface area contributed by atoms with Crippen LogP contribution in [0.1, 0.15) is 29.3 Å². The molecule has 0 amide bonds. The number of hydrogen-bond acceptors (Lipinski definition) is 5. The maximum Gasteiger partial charge on any atom is 0.337 e. The maximum absolute atomic E-state index is 13.0. The number of carbonyl (C=O) groups is 2. The molecule has 1 aromatic carbocycles. The van der Waals surface area contributed by atoms with Crippen molar-refractivity contribution in [2.75, 3.05) is 20.2 Å². The van der Waals surface area contributed by atoms with Gasteiger partial charge in [0.1, 0.15) is 0 Å². The summed E-state index contributed by atoms with van der Waals surface area (Å²) in [5.41, 5.74) is 0.634. The number of aliphatic carboxylic acids is 1. The summed E-state index contributed by atoms with van der Waals surface area (Å²) < 4.78 is 31.8. The fourth-order valence-corrected chi connectivity index (χ4v) is 4.80. The number of methoxy groups -OCH3 is 1. The molecule has 8 heteroatoms. The van der Waals surface area contributed by atoms with Gasteiger partial charge in [-0.15, -0.1) is 0 Å². The molecule has 1 fully saturated rings. The number of ether oxygens (including phenoxy) is 1. The Morgan fingerprint density at radius 3 is 2.54 bits per heavy atom. The zero-order chi connectivity index (χ0) is 18.1. The number of nitrogens with zero attached hydrogens (tertiary/aromatic N) is 1. The molecule has 0 bridgehead atoms. The van der Waals surface area contributed by atoms with Crippen molar-refractivity contribution in [2.45, 2.75) is 25.2 Å². The van der Waals surface area contributed by atoms with Gasteiger partial charge in [-0.05, 0) is 37.0 Å². The molecule has 2 rings (SSSR count). The van der Waals surface area contributed by atoms with E-state index in [1.807, 2.05) is 6.92 Å². The van der Waals surface area contributed by atoms with E-state index in [0.717, 1.165) is 0 Å². The molecule has 1 saturated heterocycles. The summed E-state index contributed by atoms with van der Waals surface area (Å²) in [6, 6.07) is 4.33. The SMILES string of the molecule is COC(=O)c1ccc(C)c(S(=O)(=O)N2CC(C)CC(C(=O)O)C2)c1. The van der Waals surface area contributed by atoms with Crippen molar-refractivity contribution in [3.63, 3.8) is 0 Å². The highest BCUT2D eigenvalue weighted by Gasteiger charge is 2.37. The third-order valence-corrected chi connectivity index (χ3v) is 6.18. The van der Waals surface area contributed by atoms with E-state index in [1.165, 1.54) is 23.5 Å². The quantitative estimate of drug-likeness (QED) is 0.822. The average molecular weight is 355 g/mol. The smallest absolute Gasteiger partial charge is 0.337 e. The first-order valence-electron chi connectivity index (χ1n) is 7.58. The van der Waals surface area contributed by atoms with Gasteiger partial charge in [0.15, 0.2) is 0 Å². The number of esters is 1. The molecule has 7 nitrogen and oxygen atoms in total. The summed E-state index contributed by atoms with van der Waals surface area (Å²) >= 11 is 0. The third-order valence-electron chi connectivity index (χ3n) is 4.20. The second-order valence-corrected chi connectivity index (χ2v) is 8.08. The van der Waals surface area contributed by atoms with Crippen LogP contribution in [0.2, 0.25) is 0 Å². The summed E-state index contributed by atoms with van der Waals surface area (Å²) in [5, 5.41) is 9.23. The predicted octanol–water partition coefficient (Wildman–Crippen LogP) is 1.51. The minimum Gasteiger partial charge on any atom is -0.481 e. The van der Waals surface area contributed by atoms with Gasteiger partial charge in [0, 0.05) is 13.1 Å². The van der Waals surface area contributed by atoms with Crippen molar-refractivity contribution in [2.24, 2.45) is 11.8 Å². The highest BCUT2D eigenvalue weighted by atomic mass is 32.2. The lowest BCUT2D eigenvalue weighted by Crippen LogP contribution is -2.45. The summed E-state index contributed by atoms with van der Waals surface area (Å²) in [4.78, 5) is 22.9. The molecule has 0 aliphatic carbocycles. The van der Waals surface area contributed by atoms with Gasteiger partial charge in [0.2, 0.25) is 10.0 Å². The van der Waals surface area contributed by atoms with E-state index in [2.05, 4.69) is 4.74 Å². The Morgan fingerprint density at radius 2 is 1.96 bits per heavy atom. The van der Waals surface area contributed by atoms with Crippen molar-refractivity contribution in [3.8, 4) is 0 Å². The van der Waals surface area contributed by atoms with Crippen molar-refractivity contribution >= 4 is 22.0 Å². The molecule has 1 aliphatic heterocycles. The van der Waals surface area contributed by atoms with Gasteiger partial charge in [0.25, 0.3) is 0 Å². The normalized spacial score (nSPS) is 22.1. The van der Waals surface area contributed by atoms with Gasteiger partial charge in [0.05, 0.1) is 23.5 Å². The average Bonchev–Trinajstić information content (AvgIpc) is 2.53. The highest BCUT2D eigenvalue weighted by Crippen LogP contribution is 2.29. The Morgan fingerprint density at radius 1 is 1.29 bits per heavy atom. The van der Waals surface area contributed by atoms with Crippen molar-refractivity contribution in [1.29, 1.82) is 0 Å². The molecule has 24 heavy (non-hydrogen) atoms. The van der Waals surface area contributed by atoms with Crippen LogP contribution in [0.4, 0.5) is 0 Å². The lowest BCUT2D eigenvalue weighted by molar-refractivity contribution is -0.143. The summed E-state index contributed by atoms with van der Waals surface area (Å²) in [5.74, 6) is -2.41. The molecule has 0 saturated carbocycles. The van der Waals surface area contributed by atoms with Crippen molar-refractivity contribution < 1.29 is 27.9 Å². The van der Waals surface area contributed by atoms with Crippen molar-refractivity contribution in [3.05, 3.63) is 29.3 Å². The molecule has 0 radical (unpaired) electrons. The number of piperidine rings is 1. The molecule has 1 N–H and O–H groups in total. The van der Waals surface area contributed by atoms with Gasteiger partial charge >= 0.3 is 11.9 Å². The van der Waals surface area contributed by atoms with E-state index < -0.39 is 27.9 Å².